The molecule has 33 heavy (non-hydrogen) atoms. The van der Waals surface area contributed by atoms with Crippen LogP contribution in [-0.4, -0.2) is 16.7 Å². The van der Waals surface area contributed by atoms with Gasteiger partial charge in [0.05, 0.1) is 5.56 Å². The average molecular weight is 454 g/mol. The molecule has 1 amide bonds. The number of alkyl halides is 3. The van der Waals surface area contributed by atoms with E-state index in [1.807, 2.05) is 0 Å². The maximum Gasteiger partial charge on any atom is 0.416 e. The monoisotopic (exact) mass is 454 g/mol. The summed E-state index contributed by atoms with van der Waals surface area (Å²) in [6.07, 6.45) is -1.07. The van der Waals surface area contributed by atoms with E-state index < -0.39 is 11.7 Å². The zero-order chi connectivity index (χ0) is 23.4. The van der Waals surface area contributed by atoms with Crippen molar-refractivity contribution in [3.05, 3.63) is 83.6 Å². The Kier molecular flexibility index (Phi) is 6.44. The molecule has 170 valence electrons. The van der Waals surface area contributed by atoms with Crippen LogP contribution in [0.2, 0.25) is 0 Å². The highest BCUT2D eigenvalue weighted by Crippen LogP contribution is 2.31. The van der Waals surface area contributed by atoms with Gasteiger partial charge in [-0.05, 0) is 48.2 Å². The molecule has 1 heterocycles. The molecule has 1 aliphatic rings. The SMILES string of the molecule is O=C(Cc1ccc(Oc2ccnc(NC(=O)C3CC3)c2)cc1)Cc1cccc(C(F)(F)F)c1. The number of Topliss-reactive ketones (excluding diaryl/α,β-unsaturated/α-hetero) is 1. The number of pyridine rings is 1. The number of hydrogen-bond donors (Lipinski definition) is 1. The van der Waals surface area contributed by atoms with Crippen LogP contribution >= 0.6 is 0 Å². The molecule has 4 rings (SSSR count). The van der Waals surface area contributed by atoms with E-state index >= 15 is 0 Å². The summed E-state index contributed by atoms with van der Waals surface area (Å²) in [5, 5.41) is 2.76. The zero-order valence-electron chi connectivity index (χ0n) is 17.6. The summed E-state index contributed by atoms with van der Waals surface area (Å²) in [6, 6.07) is 15.0. The highest BCUT2D eigenvalue weighted by atomic mass is 19.4. The molecule has 0 atom stereocenters. The number of nitrogens with zero attached hydrogens (tertiary/aromatic N) is 1. The number of anilines is 1. The van der Waals surface area contributed by atoms with Crippen LogP contribution in [-0.2, 0) is 28.6 Å². The second-order valence-corrected chi connectivity index (χ2v) is 7.98. The lowest BCUT2D eigenvalue weighted by Gasteiger charge is -2.09. The van der Waals surface area contributed by atoms with Gasteiger partial charge in [-0.2, -0.15) is 13.2 Å². The van der Waals surface area contributed by atoms with Crippen molar-refractivity contribution in [2.45, 2.75) is 31.9 Å². The van der Waals surface area contributed by atoms with Gasteiger partial charge in [0.1, 0.15) is 23.1 Å². The minimum atomic E-state index is -4.44. The van der Waals surface area contributed by atoms with Crippen LogP contribution < -0.4 is 10.1 Å². The summed E-state index contributed by atoms with van der Waals surface area (Å²) >= 11 is 0. The molecule has 1 N–H and O–H groups in total. The number of ketones is 1. The number of benzene rings is 2. The largest absolute Gasteiger partial charge is 0.457 e. The van der Waals surface area contributed by atoms with Gasteiger partial charge in [0.2, 0.25) is 5.91 Å². The van der Waals surface area contributed by atoms with Crippen LogP contribution in [0.15, 0.2) is 66.9 Å². The van der Waals surface area contributed by atoms with E-state index in [4.69, 9.17) is 4.74 Å². The van der Waals surface area contributed by atoms with Gasteiger partial charge in [-0.1, -0.05) is 30.3 Å². The van der Waals surface area contributed by atoms with Gasteiger partial charge in [-0.3, -0.25) is 9.59 Å². The van der Waals surface area contributed by atoms with Gasteiger partial charge >= 0.3 is 6.18 Å². The van der Waals surface area contributed by atoms with Crippen LogP contribution in [0.5, 0.6) is 11.5 Å². The van der Waals surface area contributed by atoms with E-state index in [0.717, 1.165) is 30.5 Å². The van der Waals surface area contributed by atoms with Crippen molar-refractivity contribution in [3.63, 3.8) is 0 Å². The molecule has 0 unspecified atom stereocenters. The fourth-order valence-electron chi connectivity index (χ4n) is 3.30. The first-order chi connectivity index (χ1) is 15.8. The smallest absolute Gasteiger partial charge is 0.416 e. The lowest BCUT2D eigenvalue weighted by molar-refractivity contribution is -0.137. The fourth-order valence-corrected chi connectivity index (χ4v) is 3.30. The number of amides is 1. The van der Waals surface area contributed by atoms with Crippen molar-refractivity contribution >= 4 is 17.5 Å². The van der Waals surface area contributed by atoms with Gasteiger partial charge in [0.15, 0.2) is 0 Å². The van der Waals surface area contributed by atoms with Crippen LogP contribution in [0.25, 0.3) is 0 Å². The predicted octanol–water partition coefficient (Wildman–Crippen LogP) is 5.60. The van der Waals surface area contributed by atoms with Crippen LogP contribution in [0.1, 0.15) is 29.5 Å². The Labute approximate surface area is 188 Å². The number of nitrogens with one attached hydrogen (secondary N) is 1. The highest BCUT2D eigenvalue weighted by Gasteiger charge is 2.30. The first kappa shape index (κ1) is 22.5. The third-order valence-electron chi connectivity index (χ3n) is 5.15. The maximum atomic E-state index is 12.8. The number of carbonyl (C=O) groups excluding carboxylic acids is 2. The Morgan fingerprint density at radius 1 is 0.939 bits per heavy atom. The lowest BCUT2D eigenvalue weighted by atomic mass is 10.0. The predicted molar refractivity (Wildman–Crippen MR) is 116 cm³/mol. The number of halogens is 3. The molecule has 0 radical (unpaired) electrons. The Hall–Kier alpha value is -3.68. The number of rotatable bonds is 8. The van der Waals surface area contributed by atoms with Gasteiger partial charge in [0, 0.05) is 31.0 Å². The Morgan fingerprint density at radius 3 is 2.36 bits per heavy atom. The summed E-state index contributed by atoms with van der Waals surface area (Å²) < 4.78 is 44.3. The number of aromatic nitrogens is 1. The normalized spacial score (nSPS) is 13.4. The molecular formula is C25H21F3N2O3. The molecule has 1 aliphatic carbocycles. The molecule has 0 saturated heterocycles. The van der Waals surface area contributed by atoms with Gasteiger partial charge < -0.3 is 10.1 Å². The third-order valence-corrected chi connectivity index (χ3v) is 5.15. The van der Waals surface area contributed by atoms with Crippen LogP contribution in [0, 0.1) is 5.92 Å². The van der Waals surface area contributed by atoms with Crippen molar-refractivity contribution in [2.24, 2.45) is 5.92 Å². The fraction of sp³-hybridized carbons (Fsp3) is 0.240. The van der Waals surface area contributed by atoms with E-state index in [1.165, 1.54) is 12.1 Å². The van der Waals surface area contributed by atoms with Crippen molar-refractivity contribution < 1.29 is 27.5 Å². The molecule has 1 aromatic heterocycles. The highest BCUT2D eigenvalue weighted by molar-refractivity contribution is 5.93. The minimum Gasteiger partial charge on any atom is -0.457 e. The molecule has 5 nitrogen and oxygen atoms in total. The third kappa shape index (κ3) is 6.41. The maximum absolute atomic E-state index is 12.8. The van der Waals surface area contributed by atoms with Crippen molar-refractivity contribution in [2.75, 3.05) is 5.32 Å². The first-order valence-corrected chi connectivity index (χ1v) is 10.5. The van der Waals surface area contributed by atoms with Gasteiger partial charge in [-0.15, -0.1) is 0 Å². The molecule has 0 bridgehead atoms. The van der Waals surface area contributed by atoms with Crippen molar-refractivity contribution in [3.8, 4) is 11.5 Å². The summed E-state index contributed by atoms with van der Waals surface area (Å²) in [7, 11) is 0. The molecular weight excluding hydrogens is 433 g/mol. The summed E-state index contributed by atoms with van der Waals surface area (Å²) in [5.74, 6) is 1.30. The first-order valence-electron chi connectivity index (χ1n) is 10.5. The van der Waals surface area contributed by atoms with Crippen LogP contribution in [0.4, 0.5) is 19.0 Å². The van der Waals surface area contributed by atoms with E-state index in [9.17, 15) is 22.8 Å². The topological polar surface area (TPSA) is 68.3 Å². The quantitative estimate of drug-likeness (QED) is 0.481. The zero-order valence-corrected chi connectivity index (χ0v) is 17.6. The van der Waals surface area contributed by atoms with Crippen molar-refractivity contribution in [1.29, 1.82) is 0 Å². The minimum absolute atomic E-state index is 0.0428. The average Bonchev–Trinajstić information content (AvgIpc) is 3.61. The molecule has 0 spiro atoms. The van der Waals surface area contributed by atoms with Crippen molar-refractivity contribution in [1.82, 2.24) is 4.98 Å². The molecule has 8 heteroatoms. The second kappa shape index (κ2) is 9.44. The second-order valence-electron chi connectivity index (χ2n) is 7.98. The Morgan fingerprint density at radius 2 is 1.67 bits per heavy atom. The van der Waals surface area contributed by atoms with E-state index in [-0.39, 0.29) is 30.4 Å². The summed E-state index contributed by atoms with van der Waals surface area (Å²) in [4.78, 5) is 28.3. The molecule has 0 aliphatic heterocycles. The van der Waals surface area contributed by atoms with E-state index in [1.54, 1.807) is 42.6 Å². The number of hydrogen-bond acceptors (Lipinski definition) is 4. The van der Waals surface area contributed by atoms with E-state index in [2.05, 4.69) is 10.3 Å². The van der Waals surface area contributed by atoms with Crippen LogP contribution in [0.3, 0.4) is 0 Å². The number of carbonyl (C=O) groups is 2. The summed E-state index contributed by atoms with van der Waals surface area (Å²) in [5.41, 5.74) is 0.296. The number of ether oxygens (including phenoxy) is 1. The molecule has 3 aromatic rings. The standard InChI is InChI=1S/C25H21F3N2O3/c26-25(27,28)19-3-1-2-17(12-19)14-20(31)13-16-4-8-21(9-5-16)33-22-10-11-29-23(15-22)30-24(32)18-6-7-18/h1-5,8-12,15,18H,6-7,13-14H2,(H,29,30,32). The summed E-state index contributed by atoms with van der Waals surface area (Å²) in [6.45, 7) is 0. The van der Waals surface area contributed by atoms with Gasteiger partial charge in [-0.25, -0.2) is 4.98 Å². The lowest BCUT2D eigenvalue weighted by Crippen LogP contribution is -2.14. The molecule has 2 aromatic carbocycles. The van der Waals surface area contributed by atoms with Gasteiger partial charge in [0.25, 0.3) is 0 Å². The Bertz CT molecular complexity index is 1160. The van der Waals surface area contributed by atoms with E-state index in [0.29, 0.717) is 22.9 Å². The Balaban J connectivity index is 1.33. The molecule has 1 fully saturated rings. The molecule has 1 saturated carbocycles.